The normalized spacial score (nSPS) is 10.6. The average Bonchev–Trinajstić information content (AvgIpc) is 3.05. The van der Waals surface area contributed by atoms with Crippen LogP contribution in [-0.4, -0.2) is 30.7 Å². The first-order chi connectivity index (χ1) is 11.2. The fraction of sp³-hybridized carbons (Fsp3) is 0.211. The lowest BCUT2D eigenvalue weighted by Crippen LogP contribution is -2.07. The van der Waals surface area contributed by atoms with Crippen molar-refractivity contribution >= 4 is 5.69 Å². The molecule has 1 heterocycles. The van der Waals surface area contributed by atoms with Crippen molar-refractivity contribution in [1.82, 2.24) is 9.97 Å². The Labute approximate surface area is 136 Å². The fourth-order valence-corrected chi connectivity index (χ4v) is 2.45. The van der Waals surface area contributed by atoms with Gasteiger partial charge in [-0.15, -0.1) is 0 Å². The number of hydrogen-bond donors (Lipinski definition) is 1. The van der Waals surface area contributed by atoms with Crippen LogP contribution in [0.15, 0.2) is 54.7 Å². The maximum absolute atomic E-state index is 5.55. The summed E-state index contributed by atoms with van der Waals surface area (Å²) < 4.78 is 5.55. The molecule has 0 aliphatic rings. The minimum atomic E-state index is 0.658. The number of H-pyrrole nitrogens is 1. The summed E-state index contributed by atoms with van der Waals surface area (Å²) in [5, 5.41) is 0. The molecular formula is C19H21N3O. The number of hydrogen-bond acceptors (Lipinski definition) is 3. The van der Waals surface area contributed by atoms with Gasteiger partial charge in [0.2, 0.25) is 0 Å². The van der Waals surface area contributed by atoms with Crippen molar-refractivity contribution in [1.29, 1.82) is 0 Å². The molecule has 0 aliphatic carbocycles. The number of aromatic nitrogens is 2. The lowest BCUT2D eigenvalue weighted by atomic mass is 10.1. The van der Waals surface area contributed by atoms with Crippen molar-refractivity contribution < 1.29 is 4.74 Å². The largest absolute Gasteiger partial charge is 0.494 e. The van der Waals surface area contributed by atoms with Crippen LogP contribution in [0.3, 0.4) is 0 Å². The number of rotatable bonds is 5. The number of ether oxygens (including phenoxy) is 1. The third-order valence-electron chi connectivity index (χ3n) is 3.69. The van der Waals surface area contributed by atoms with Gasteiger partial charge in [-0.3, -0.25) is 0 Å². The van der Waals surface area contributed by atoms with Gasteiger partial charge in [0.25, 0.3) is 0 Å². The van der Waals surface area contributed by atoms with Crippen molar-refractivity contribution in [2.45, 2.75) is 6.92 Å². The second kappa shape index (κ2) is 6.57. The number of nitrogens with one attached hydrogen (secondary N) is 1. The molecule has 1 aromatic heterocycles. The lowest BCUT2D eigenvalue weighted by Gasteiger charge is -2.12. The first-order valence-corrected chi connectivity index (χ1v) is 7.73. The topological polar surface area (TPSA) is 41.1 Å². The van der Waals surface area contributed by atoms with E-state index < -0.39 is 0 Å². The minimum Gasteiger partial charge on any atom is -0.494 e. The predicted octanol–water partition coefficient (Wildman–Crippen LogP) is 4.21. The van der Waals surface area contributed by atoms with Gasteiger partial charge in [0, 0.05) is 25.3 Å². The monoisotopic (exact) mass is 307 g/mol. The van der Waals surface area contributed by atoms with Gasteiger partial charge >= 0.3 is 0 Å². The molecule has 0 radical (unpaired) electrons. The molecular weight excluding hydrogens is 286 g/mol. The smallest absolute Gasteiger partial charge is 0.137 e. The van der Waals surface area contributed by atoms with Crippen LogP contribution in [0.1, 0.15) is 6.92 Å². The summed E-state index contributed by atoms with van der Waals surface area (Å²) in [7, 11) is 4.07. The Morgan fingerprint density at radius 1 is 1.04 bits per heavy atom. The number of benzene rings is 2. The molecule has 0 amide bonds. The maximum Gasteiger partial charge on any atom is 0.137 e. The van der Waals surface area contributed by atoms with Crippen molar-refractivity contribution in [3.63, 3.8) is 0 Å². The summed E-state index contributed by atoms with van der Waals surface area (Å²) in [6, 6.07) is 16.4. The summed E-state index contributed by atoms with van der Waals surface area (Å²) in [5.41, 5.74) is 4.33. The summed E-state index contributed by atoms with van der Waals surface area (Å²) >= 11 is 0. The Morgan fingerprint density at radius 3 is 2.52 bits per heavy atom. The predicted molar refractivity (Wildman–Crippen MR) is 95.0 cm³/mol. The quantitative estimate of drug-likeness (QED) is 0.767. The molecule has 1 N–H and O–H groups in total. The molecule has 2 aromatic carbocycles. The maximum atomic E-state index is 5.55. The second-order valence-corrected chi connectivity index (χ2v) is 5.55. The summed E-state index contributed by atoms with van der Waals surface area (Å²) in [4.78, 5) is 9.97. The van der Waals surface area contributed by atoms with Crippen LogP contribution in [0.25, 0.3) is 22.6 Å². The second-order valence-electron chi connectivity index (χ2n) is 5.55. The molecule has 3 rings (SSSR count). The molecule has 0 bridgehead atoms. The SMILES string of the molecule is CCOc1cccc(-c2ncc(-c3ccc(N(C)C)cc3)[nH]2)c1. The highest BCUT2D eigenvalue weighted by Crippen LogP contribution is 2.26. The van der Waals surface area contributed by atoms with E-state index in [1.165, 1.54) is 5.69 Å². The third kappa shape index (κ3) is 3.37. The Balaban J connectivity index is 1.86. The molecule has 118 valence electrons. The zero-order valence-electron chi connectivity index (χ0n) is 13.7. The fourth-order valence-electron chi connectivity index (χ4n) is 2.45. The first kappa shape index (κ1) is 15.2. The Hall–Kier alpha value is -2.75. The number of aromatic amines is 1. The summed E-state index contributed by atoms with van der Waals surface area (Å²) in [6.45, 7) is 2.64. The van der Waals surface area contributed by atoms with E-state index in [2.05, 4.69) is 39.1 Å². The molecule has 4 heteroatoms. The van der Waals surface area contributed by atoms with Crippen LogP contribution in [0, 0.1) is 0 Å². The van der Waals surface area contributed by atoms with Gasteiger partial charge in [-0.1, -0.05) is 24.3 Å². The Kier molecular flexibility index (Phi) is 4.33. The highest BCUT2D eigenvalue weighted by atomic mass is 16.5. The van der Waals surface area contributed by atoms with Gasteiger partial charge in [0.05, 0.1) is 18.5 Å². The summed E-state index contributed by atoms with van der Waals surface area (Å²) in [5.74, 6) is 1.71. The van der Waals surface area contributed by atoms with E-state index in [0.29, 0.717) is 6.61 Å². The van der Waals surface area contributed by atoms with Gasteiger partial charge in [-0.25, -0.2) is 4.98 Å². The van der Waals surface area contributed by atoms with E-state index in [9.17, 15) is 0 Å². The van der Waals surface area contributed by atoms with Crippen molar-refractivity contribution in [2.24, 2.45) is 0 Å². The van der Waals surface area contributed by atoms with Gasteiger partial charge < -0.3 is 14.6 Å². The highest BCUT2D eigenvalue weighted by molar-refractivity contribution is 5.67. The van der Waals surface area contributed by atoms with Crippen LogP contribution in [0.5, 0.6) is 5.75 Å². The van der Waals surface area contributed by atoms with Crippen molar-refractivity contribution in [3.05, 3.63) is 54.7 Å². The first-order valence-electron chi connectivity index (χ1n) is 7.73. The van der Waals surface area contributed by atoms with Crippen LogP contribution < -0.4 is 9.64 Å². The van der Waals surface area contributed by atoms with E-state index >= 15 is 0 Å². The van der Waals surface area contributed by atoms with Gasteiger partial charge in [-0.2, -0.15) is 0 Å². The number of nitrogens with zero attached hydrogens (tertiary/aromatic N) is 2. The zero-order valence-corrected chi connectivity index (χ0v) is 13.7. The van der Waals surface area contributed by atoms with E-state index in [1.807, 2.05) is 51.5 Å². The van der Waals surface area contributed by atoms with E-state index in [-0.39, 0.29) is 0 Å². The molecule has 23 heavy (non-hydrogen) atoms. The molecule has 0 atom stereocenters. The Morgan fingerprint density at radius 2 is 1.83 bits per heavy atom. The molecule has 0 unspecified atom stereocenters. The highest BCUT2D eigenvalue weighted by Gasteiger charge is 2.07. The molecule has 3 aromatic rings. The van der Waals surface area contributed by atoms with E-state index in [0.717, 1.165) is 28.4 Å². The molecule has 0 fully saturated rings. The average molecular weight is 307 g/mol. The van der Waals surface area contributed by atoms with Crippen molar-refractivity contribution in [3.8, 4) is 28.4 Å². The zero-order chi connectivity index (χ0) is 16.2. The van der Waals surface area contributed by atoms with Crippen LogP contribution in [-0.2, 0) is 0 Å². The van der Waals surface area contributed by atoms with Gasteiger partial charge in [0.15, 0.2) is 0 Å². The van der Waals surface area contributed by atoms with Crippen molar-refractivity contribution in [2.75, 3.05) is 25.6 Å². The Bertz CT molecular complexity index is 775. The molecule has 0 saturated heterocycles. The summed E-state index contributed by atoms with van der Waals surface area (Å²) in [6.07, 6.45) is 1.87. The van der Waals surface area contributed by atoms with Crippen LogP contribution in [0.4, 0.5) is 5.69 Å². The number of anilines is 1. The van der Waals surface area contributed by atoms with Crippen LogP contribution >= 0.6 is 0 Å². The molecule has 0 aliphatic heterocycles. The minimum absolute atomic E-state index is 0.658. The van der Waals surface area contributed by atoms with Crippen LogP contribution in [0.2, 0.25) is 0 Å². The van der Waals surface area contributed by atoms with E-state index in [1.54, 1.807) is 0 Å². The van der Waals surface area contributed by atoms with E-state index in [4.69, 9.17) is 4.74 Å². The molecule has 4 nitrogen and oxygen atoms in total. The third-order valence-corrected chi connectivity index (χ3v) is 3.69. The molecule has 0 saturated carbocycles. The lowest BCUT2D eigenvalue weighted by molar-refractivity contribution is 0.340. The molecule has 0 spiro atoms. The van der Waals surface area contributed by atoms with Gasteiger partial charge in [-0.05, 0) is 36.8 Å². The number of imidazole rings is 1. The van der Waals surface area contributed by atoms with Gasteiger partial charge in [0.1, 0.15) is 11.6 Å². The standard InChI is InChI=1S/C19H21N3O/c1-4-23-17-7-5-6-15(12-17)19-20-13-18(21-19)14-8-10-16(11-9-14)22(2)3/h5-13H,4H2,1-3H3,(H,20,21).